The third kappa shape index (κ3) is 3.32. The van der Waals surface area contributed by atoms with E-state index in [4.69, 9.17) is 0 Å². The number of rotatable bonds is 6. The van der Waals surface area contributed by atoms with Crippen molar-refractivity contribution in [3.8, 4) is 0 Å². The van der Waals surface area contributed by atoms with Gasteiger partial charge in [-0.3, -0.25) is 9.69 Å². The van der Waals surface area contributed by atoms with Crippen LogP contribution in [0.3, 0.4) is 0 Å². The first-order valence-electron chi connectivity index (χ1n) is 7.10. The highest BCUT2D eigenvalue weighted by Crippen LogP contribution is 2.14. The van der Waals surface area contributed by atoms with E-state index in [0.29, 0.717) is 17.8 Å². The van der Waals surface area contributed by atoms with Crippen molar-refractivity contribution in [2.45, 2.75) is 13.1 Å². The van der Waals surface area contributed by atoms with Gasteiger partial charge in [-0.2, -0.15) is 0 Å². The van der Waals surface area contributed by atoms with E-state index >= 15 is 0 Å². The van der Waals surface area contributed by atoms with Gasteiger partial charge in [-0.25, -0.2) is 4.98 Å². The number of nitrogens with one attached hydrogen (secondary N) is 1. The maximum atomic E-state index is 12.1. The van der Waals surface area contributed by atoms with Gasteiger partial charge in [-0.15, -0.1) is 17.9 Å². The highest BCUT2D eigenvalue weighted by atomic mass is 32.1. The lowest BCUT2D eigenvalue weighted by Crippen LogP contribution is -2.25. The van der Waals surface area contributed by atoms with E-state index in [-0.39, 0.29) is 5.56 Å². The summed E-state index contributed by atoms with van der Waals surface area (Å²) in [5.41, 5.74) is 0.645. The quantitative estimate of drug-likeness (QED) is 0.711. The summed E-state index contributed by atoms with van der Waals surface area (Å²) in [5.74, 6) is 0.683. The van der Waals surface area contributed by atoms with Crippen LogP contribution in [-0.4, -0.2) is 21.4 Å². The molecule has 22 heavy (non-hydrogen) atoms. The van der Waals surface area contributed by atoms with Crippen molar-refractivity contribution in [3.05, 3.63) is 75.5 Å². The molecule has 2 heterocycles. The van der Waals surface area contributed by atoms with E-state index in [1.807, 2.05) is 30.3 Å². The molecule has 3 aromatic rings. The zero-order chi connectivity index (χ0) is 15.4. The number of hydrogen-bond acceptors (Lipinski definition) is 4. The van der Waals surface area contributed by atoms with Crippen molar-refractivity contribution in [3.63, 3.8) is 0 Å². The molecule has 0 aliphatic rings. The number of para-hydroxylation sites is 1. The number of thiophene rings is 1. The molecule has 1 aromatic carbocycles. The van der Waals surface area contributed by atoms with Gasteiger partial charge < -0.3 is 4.98 Å². The van der Waals surface area contributed by atoms with E-state index in [9.17, 15) is 4.79 Å². The molecule has 1 N–H and O–H groups in total. The predicted octanol–water partition coefficient (Wildman–Crippen LogP) is 3.17. The van der Waals surface area contributed by atoms with Crippen LogP contribution >= 0.6 is 11.3 Å². The van der Waals surface area contributed by atoms with E-state index < -0.39 is 0 Å². The van der Waals surface area contributed by atoms with Crippen LogP contribution in [0.15, 0.2) is 59.2 Å². The average Bonchev–Trinajstić information content (AvgIpc) is 3.00. The molecular formula is C17H17N3OS. The van der Waals surface area contributed by atoms with Crippen LogP contribution in [-0.2, 0) is 13.1 Å². The van der Waals surface area contributed by atoms with Gasteiger partial charge in [0.2, 0.25) is 0 Å². The maximum absolute atomic E-state index is 12.1. The number of hydrogen-bond donors (Lipinski definition) is 1. The average molecular weight is 311 g/mol. The molecule has 0 aliphatic heterocycles. The Morgan fingerprint density at radius 1 is 1.23 bits per heavy atom. The molecule has 0 saturated heterocycles. The number of aromatic nitrogens is 2. The predicted molar refractivity (Wildman–Crippen MR) is 91.0 cm³/mol. The van der Waals surface area contributed by atoms with Gasteiger partial charge in [0.15, 0.2) is 0 Å². The third-order valence-corrected chi connectivity index (χ3v) is 4.24. The molecule has 2 aromatic heterocycles. The molecule has 0 aliphatic carbocycles. The summed E-state index contributed by atoms with van der Waals surface area (Å²) in [6, 6.07) is 11.5. The van der Waals surface area contributed by atoms with Crippen LogP contribution < -0.4 is 5.56 Å². The lowest BCUT2D eigenvalue weighted by molar-refractivity contribution is 0.281. The van der Waals surface area contributed by atoms with Crippen LogP contribution in [0.5, 0.6) is 0 Å². The van der Waals surface area contributed by atoms with Gasteiger partial charge in [0.25, 0.3) is 5.56 Å². The number of fused-ring (bicyclic) bond motifs is 1. The number of aromatic amines is 1. The van der Waals surface area contributed by atoms with Crippen molar-refractivity contribution in [2.75, 3.05) is 6.54 Å². The monoisotopic (exact) mass is 311 g/mol. The van der Waals surface area contributed by atoms with Gasteiger partial charge >= 0.3 is 0 Å². The Labute approximate surface area is 132 Å². The summed E-state index contributed by atoms with van der Waals surface area (Å²) < 4.78 is 0. The lowest BCUT2D eigenvalue weighted by Gasteiger charge is -2.19. The Morgan fingerprint density at radius 3 is 2.86 bits per heavy atom. The maximum Gasteiger partial charge on any atom is 0.258 e. The summed E-state index contributed by atoms with van der Waals surface area (Å²) in [6.07, 6.45) is 1.87. The molecular weight excluding hydrogens is 294 g/mol. The Kier molecular flexibility index (Phi) is 4.46. The Morgan fingerprint density at radius 2 is 2.09 bits per heavy atom. The zero-order valence-electron chi connectivity index (χ0n) is 12.2. The van der Waals surface area contributed by atoms with Gasteiger partial charge in [-0.1, -0.05) is 24.3 Å². The highest BCUT2D eigenvalue weighted by Gasteiger charge is 2.09. The molecule has 0 spiro atoms. The van der Waals surface area contributed by atoms with Gasteiger partial charge in [0, 0.05) is 18.0 Å². The van der Waals surface area contributed by atoms with Crippen LogP contribution in [0.2, 0.25) is 0 Å². The van der Waals surface area contributed by atoms with Crippen molar-refractivity contribution in [2.24, 2.45) is 0 Å². The van der Waals surface area contributed by atoms with Gasteiger partial charge in [0.1, 0.15) is 5.82 Å². The smallest absolute Gasteiger partial charge is 0.258 e. The lowest BCUT2D eigenvalue weighted by atomic mass is 10.2. The second kappa shape index (κ2) is 6.68. The normalized spacial score (nSPS) is 11.1. The van der Waals surface area contributed by atoms with Gasteiger partial charge in [0.05, 0.1) is 17.4 Å². The number of H-pyrrole nitrogens is 1. The van der Waals surface area contributed by atoms with Crippen molar-refractivity contribution >= 4 is 22.2 Å². The molecule has 0 radical (unpaired) electrons. The minimum absolute atomic E-state index is 0.0877. The molecule has 0 atom stereocenters. The van der Waals surface area contributed by atoms with E-state index in [2.05, 4.69) is 32.9 Å². The second-order valence-corrected chi connectivity index (χ2v) is 6.10. The molecule has 5 heteroatoms. The first-order valence-corrected chi connectivity index (χ1v) is 7.98. The first kappa shape index (κ1) is 14.7. The fourth-order valence-electron chi connectivity index (χ4n) is 2.41. The molecule has 0 bridgehead atoms. The number of nitrogens with zero attached hydrogens (tertiary/aromatic N) is 2. The van der Waals surface area contributed by atoms with Gasteiger partial charge in [-0.05, 0) is 23.6 Å². The molecule has 0 fully saturated rings. The second-order valence-electron chi connectivity index (χ2n) is 5.07. The molecule has 0 saturated carbocycles. The summed E-state index contributed by atoms with van der Waals surface area (Å²) >= 11 is 1.73. The topological polar surface area (TPSA) is 49.0 Å². The van der Waals surface area contributed by atoms with Crippen molar-refractivity contribution in [1.82, 2.24) is 14.9 Å². The molecule has 4 nitrogen and oxygen atoms in total. The fourth-order valence-corrected chi connectivity index (χ4v) is 3.16. The molecule has 0 unspecified atom stereocenters. The van der Waals surface area contributed by atoms with Crippen molar-refractivity contribution in [1.29, 1.82) is 0 Å². The van der Waals surface area contributed by atoms with Crippen LogP contribution in [0.4, 0.5) is 0 Å². The minimum Gasteiger partial charge on any atom is -0.309 e. The largest absolute Gasteiger partial charge is 0.309 e. The third-order valence-electron chi connectivity index (χ3n) is 3.38. The Balaban J connectivity index is 1.86. The SMILES string of the molecule is C=CCN(Cc1nc2ccccc2c(=O)[nH]1)Cc1cccs1. The Bertz CT molecular complexity index is 823. The fraction of sp³-hybridized carbons (Fsp3) is 0.176. The standard InChI is InChI=1S/C17H17N3OS/c1-2-9-20(11-13-6-5-10-22-13)12-16-18-15-8-4-3-7-14(15)17(21)19-16/h2-8,10H,1,9,11-12H2,(H,18,19,21). The summed E-state index contributed by atoms with van der Waals surface area (Å²) in [7, 11) is 0. The van der Waals surface area contributed by atoms with Crippen LogP contribution in [0.1, 0.15) is 10.7 Å². The molecule has 0 amide bonds. The van der Waals surface area contributed by atoms with E-state index in [1.165, 1.54) is 4.88 Å². The van der Waals surface area contributed by atoms with E-state index in [0.717, 1.165) is 18.6 Å². The van der Waals surface area contributed by atoms with Crippen LogP contribution in [0.25, 0.3) is 10.9 Å². The summed E-state index contributed by atoms with van der Waals surface area (Å²) in [4.78, 5) is 23.0. The van der Waals surface area contributed by atoms with E-state index in [1.54, 1.807) is 17.4 Å². The zero-order valence-corrected chi connectivity index (χ0v) is 13.0. The number of benzene rings is 1. The highest BCUT2D eigenvalue weighted by molar-refractivity contribution is 7.09. The minimum atomic E-state index is -0.0877. The molecule has 3 rings (SSSR count). The summed E-state index contributed by atoms with van der Waals surface area (Å²) in [6.45, 7) is 5.96. The first-order chi connectivity index (χ1) is 10.8. The molecule has 112 valence electrons. The van der Waals surface area contributed by atoms with Crippen molar-refractivity contribution < 1.29 is 0 Å². The summed E-state index contributed by atoms with van der Waals surface area (Å²) in [5, 5.41) is 2.69. The Hall–Kier alpha value is -2.24. The van der Waals surface area contributed by atoms with Crippen LogP contribution in [0, 0.1) is 0 Å².